The molecule has 0 radical (unpaired) electrons. The molecular formula is C13H16BrNO. The number of hydrogen-bond acceptors (Lipinski definition) is 1. The van der Waals surface area contributed by atoms with E-state index in [2.05, 4.69) is 28.9 Å². The van der Waals surface area contributed by atoms with Crippen molar-refractivity contribution in [3.05, 3.63) is 33.8 Å². The van der Waals surface area contributed by atoms with Crippen molar-refractivity contribution in [1.82, 2.24) is 4.90 Å². The predicted octanol–water partition coefficient (Wildman–Crippen LogP) is 3.25. The van der Waals surface area contributed by atoms with Crippen molar-refractivity contribution in [3.63, 3.8) is 0 Å². The van der Waals surface area contributed by atoms with Gasteiger partial charge in [-0.15, -0.1) is 0 Å². The van der Waals surface area contributed by atoms with Crippen molar-refractivity contribution >= 4 is 21.8 Å². The minimum Gasteiger partial charge on any atom is -0.338 e. The topological polar surface area (TPSA) is 20.3 Å². The van der Waals surface area contributed by atoms with Crippen LogP contribution in [-0.4, -0.2) is 23.9 Å². The van der Waals surface area contributed by atoms with Crippen LogP contribution < -0.4 is 0 Å². The van der Waals surface area contributed by atoms with Crippen LogP contribution in [0.2, 0.25) is 0 Å². The summed E-state index contributed by atoms with van der Waals surface area (Å²) < 4.78 is 1.06. The number of fused-ring (bicyclic) bond motifs is 1. The number of amides is 1. The molecule has 16 heavy (non-hydrogen) atoms. The SMILES string of the molecule is CCCCN1CCc2cc(Br)ccc2C1=O. The second-order valence-electron chi connectivity index (χ2n) is 4.20. The summed E-state index contributed by atoms with van der Waals surface area (Å²) in [6.07, 6.45) is 3.21. The Balaban J connectivity index is 2.19. The number of benzene rings is 1. The molecule has 0 saturated carbocycles. The summed E-state index contributed by atoms with van der Waals surface area (Å²) in [5, 5.41) is 0. The van der Waals surface area contributed by atoms with Gasteiger partial charge in [-0.1, -0.05) is 29.3 Å². The van der Waals surface area contributed by atoms with Gasteiger partial charge in [-0.2, -0.15) is 0 Å². The molecule has 0 atom stereocenters. The zero-order chi connectivity index (χ0) is 11.5. The van der Waals surface area contributed by atoms with Gasteiger partial charge < -0.3 is 4.90 Å². The Kier molecular flexibility index (Phi) is 3.64. The van der Waals surface area contributed by atoms with Crippen LogP contribution in [0.15, 0.2) is 22.7 Å². The highest BCUT2D eigenvalue weighted by Gasteiger charge is 2.23. The maximum atomic E-state index is 12.1. The molecule has 0 aliphatic carbocycles. The minimum absolute atomic E-state index is 0.196. The largest absolute Gasteiger partial charge is 0.338 e. The van der Waals surface area contributed by atoms with Crippen LogP contribution in [0.5, 0.6) is 0 Å². The predicted molar refractivity (Wildman–Crippen MR) is 68.7 cm³/mol. The van der Waals surface area contributed by atoms with Crippen molar-refractivity contribution in [2.45, 2.75) is 26.2 Å². The highest BCUT2D eigenvalue weighted by molar-refractivity contribution is 9.10. The molecule has 0 saturated heterocycles. The first kappa shape index (κ1) is 11.6. The number of unbranched alkanes of at least 4 members (excludes halogenated alkanes) is 1. The Hall–Kier alpha value is -0.830. The third-order valence-electron chi connectivity index (χ3n) is 3.02. The van der Waals surface area contributed by atoms with Crippen LogP contribution in [0.1, 0.15) is 35.7 Å². The van der Waals surface area contributed by atoms with Crippen LogP contribution >= 0.6 is 15.9 Å². The van der Waals surface area contributed by atoms with Crippen LogP contribution in [0, 0.1) is 0 Å². The third-order valence-corrected chi connectivity index (χ3v) is 3.51. The van der Waals surface area contributed by atoms with Crippen molar-refractivity contribution in [2.75, 3.05) is 13.1 Å². The van der Waals surface area contributed by atoms with Gasteiger partial charge in [-0.25, -0.2) is 0 Å². The number of halogens is 1. The zero-order valence-corrected chi connectivity index (χ0v) is 11.1. The Morgan fingerprint density at radius 3 is 3.00 bits per heavy atom. The monoisotopic (exact) mass is 281 g/mol. The van der Waals surface area contributed by atoms with Crippen LogP contribution in [0.25, 0.3) is 0 Å². The fourth-order valence-corrected chi connectivity index (χ4v) is 2.48. The average molecular weight is 282 g/mol. The van der Waals surface area contributed by atoms with Crippen molar-refractivity contribution in [1.29, 1.82) is 0 Å². The minimum atomic E-state index is 0.196. The molecule has 1 amide bonds. The molecule has 1 aliphatic rings. The third kappa shape index (κ3) is 2.29. The van der Waals surface area contributed by atoms with Crippen LogP contribution in [0.3, 0.4) is 0 Å². The highest BCUT2D eigenvalue weighted by atomic mass is 79.9. The molecule has 0 aromatic heterocycles. The summed E-state index contributed by atoms with van der Waals surface area (Å²) in [5.74, 6) is 0.196. The first-order chi connectivity index (χ1) is 7.72. The molecule has 1 aliphatic heterocycles. The van der Waals surface area contributed by atoms with Crippen LogP contribution in [0.4, 0.5) is 0 Å². The summed E-state index contributed by atoms with van der Waals surface area (Å²) in [6, 6.07) is 5.93. The molecular weight excluding hydrogens is 266 g/mol. The molecule has 0 spiro atoms. The number of nitrogens with zero attached hydrogens (tertiary/aromatic N) is 1. The van der Waals surface area contributed by atoms with E-state index < -0.39 is 0 Å². The molecule has 0 N–H and O–H groups in total. The van der Waals surface area contributed by atoms with E-state index in [0.29, 0.717) is 0 Å². The van der Waals surface area contributed by atoms with Gasteiger partial charge in [-0.05, 0) is 36.6 Å². The number of rotatable bonds is 3. The Morgan fingerprint density at radius 1 is 1.44 bits per heavy atom. The molecule has 1 aromatic carbocycles. The quantitative estimate of drug-likeness (QED) is 0.833. The van der Waals surface area contributed by atoms with Crippen LogP contribution in [-0.2, 0) is 6.42 Å². The van der Waals surface area contributed by atoms with E-state index in [4.69, 9.17) is 0 Å². The molecule has 2 nitrogen and oxygen atoms in total. The van der Waals surface area contributed by atoms with E-state index in [1.54, 1.807) is 0 Å². The van der Waals surface area contributed by atoms with Gasteiger partial charge in [0.2, 0.25) is 0 Å². The van der Waals surface area contributed by atoms with Crippen molar-refractivity contribution < 1.29 is 4.79 Å². The van der Waals surface area contributed by atoms with Gasteiger partial charge in [0, 0.05) is 23.1 Å². The summed E-state index contributed by atoms with van der Waals surface area (Å²) >= 11 is 3.44. The molecule has 1 aromatic rings. The first-order valence-electron chi connectivity index (χ1n) is 5.80. The van der Waals surface area contributed by atoms with Gasteiger partial charge in [0.05, 0.1) is 0 Å². The lowest BCUT2D eigenvalue weighted by Gasteiger charge is -2.28. The summed E-state index contributed by atoms with van der Waals surface area (Å²) in [6.45, 7) is 3.91. The lowest BCUT2D eigenvalue weighted by molar-refractivity contribution is 0.0737. The fourth-order valence-electron chi connectivity index (χ4n) is 2.07. The fraction of sp³-hybridized carbons (Fsp3) is 0.462. The molecule has 1 heterocycles. The summed E-state index contributed by atoms with van der Waals surface area (Å²) in [7, 11) is 0. The van der Waals surface area contributed by atoms with E-state index in [1.807, 2.05) is 17.0 Å². The van der Waals surface area contributed by atoms with E-state index in [0.717, 1.165) is 42.4 Å². The van der Waals surface area contributed by atoms with Gasteiger partial charge in [0.25, 0.3) is 5.91 Å². The van der Waals surface area contributed by atoms with E-state index >= 15 is 0 Å². The van der Waals surface area contributed by atoms with Crippen molar-refractivity contribution in [2.24, 2.45) is 0 Å². The number of carbonyl (C=O) groups excluding carboxylic acids is 1. The molecule has 3 heteroatoms. The normalized spacial score (nSPS) is 15.1. The second kappa shape index (κ2) is 5.00. The molecule has 0 fully saturated rings. The Morgan fingerprint density at radius 2 is 2.25 bits per heavy atom. The average Bonchev–Trinajstić information content (AvgIpc) is 2.28. The molecule has 86 valence electrons. The van der Waals surface area contributed by atoms with E-state index in [9.17, 15) is 4.79 Å². The lowest BCUT2D eigenvalue weighted by Crippen LogP contribution is -2.38. The zero-order valence-electron chi connectivity index (χ0n) is 9.50. The van der Waals surface area contributed by atoms with Gasteiger partial charge in [0.1, 0.15) is 0 Å². The molecule has 2 rings (SSSR count). The standard InChI is InChI=1S/C13H16BrNO/c1-2-3-7-15-8-6-10-9-11(14)4-5-12(10)13(15)16/h4-5,9H,2-3,6-8H2,1H3. The second-order valence-corrected chi connectivity index (χ2v) is 5.11. The highest BCUT2D eigenvalue weighted by Crippen LogP contribution is 2.23. The van der Waals surface area contributed by atoms with E-state index in [-0.39, 0.29) is 5.91 Å². The van der Waals surface area contributed by atoms with Gasteiger partial charge in [-0.3, -0.25) is 4.79 Å². The molecule has 0 unspecified atom stereocenters. The van der Waals surface area contributed by atoms with Crippen molar-refractivity contribution in [3.8, 4) is 0 Å². The maximum Gasteiger partial charge on any atom is 0.254 e. The number of carbonyl (C=O) groups is 1. The smallest absolute Gasteiger partial charge is 0.254 e. The summed E-state index contributed by atoms with van der Waals surface area (Å²) in [4.78, 5) is 14.1. The number of hydrogen-bond donors (Lipinski definition) is 0. The first-order valence-corrected chi connectivity index (χ1v) is 6.59. The lowest BCUT2D eigenvalue weighted by atomic mass is 9.99. The van der Waals surface area contributed by atoms with Gasteiger partial charge >= 0.3 is 0 Å². The Labute approximate surface area is 105 Å². The summed E-state index contributed by atoms with van der Waals surface area (Å²) in [5.41, 5.74) is 2.05. The maximum absolute atomic E-state index is 12.1. The molecule has 0 bridgehead atoms. The van der Waals surface area contributed by atoms with Gasteiger partial charge in [0.15, 0.2) is 0 Å². The Bertz CT molecular complexity index is 403. The van der Waals surface area contributed by atoms with E-state index in [1.165, 1.54) is 5.56 Å².